The number of nitrogens with one attached hydrogen (secondary N) is 1. The molecule has 0 aromatic carbocycles. The van der Waals surface area contributed by atoms with Crippen LogP contribution in [-0.2, 0) is 0 Å². The number of nitrogens with zero attached hydrogens (tertiary/aromatic N) is 2. The van der Waals surface area contributed by atoms with Crippen LogP contribution < -0.4 is 10.1 Å². The Morgan fingerprint density at radius 1 is 1.11 bits per heavy atom. The van der Waals surface area contributed by atoms with E-state index in [0.717, 1.165) is 6.54 Å². The molecule has 0 aliphatic rings. The first-order valence-corrected chi connectivity index (χ1v) is 7.06. The second-order valence-corrected chi connectivity index (χ2v) is 4.35. The Morgan fingerprint density at radius 2 is 1.89 bits per heavy atom. The summed E-state index contributed by atoms with van der Waals surface area (Å²) in [5.74, 6) is 1.30. The highest BCUT2D eigenvalue weighted by molar-refractivity contribution is 5.27. The van der Waals surface area contributed by atoms with Crippen LogP contribution in [0.2, 0.25) is 0 Å². The first kappa shape index (κ1) is 14.7. The van der Waals surface area contributed by atoms with Crippen molar-refractivity contribution in [2.24, 2.45) is 0 Å². The molecule has 0 unspecified atom stereocenters. The lowest BCUT2D eigenvalue weighted by molar-refractivity contribution is 0.326. The van der Waals surface area contributed by atoms with Gasteiger partial charge in [0.1, 0.15) is 0 Å². The van der Waals surface area contributed by atoms with Crippen molar-refractivity contribution in [3.05, 3.63) is 12.3 Å². The SMILES string of the molecule is CCCCCCCCNc1nccc(OCC)n1. The van der Waals surface area contributed by atoms with Crippen LogP contribution >= 0.6 is 0 Å². The highest BCUT2D eigenvalue weighted by atomic mass is 16.5. The summed E-state index contributed by atoms with van der Waals surface area (Å²) in [6.07, 6.45) is 9.51. The summed E-state index contributed by atoms with van der Waals surface area (Å²) in [4.78, 5) is 8.43. The number of aromatic nitrogens is 2. The van der Waals surface area contributed by atoms with Gasteiger partial charge in [0.15, 0.2) is 0 Å². The highest BCUT2D eigenvalue weighted by Gasteiger charge is 1.98. The average Bonchev–Trinajstić information content (AvgIpc) is 2.39. The summed E-state index contributed by atoms with van der Waals surface area (Å²) >= 11 is 0. The van der Waals surface area contributed by atoms with Crippen molar-refractivity contribution < 1.29 is 4.74 Å². The fourth-order valence-electron chi connectivity index (χ4n) is 1.76. The highest BCUT2D eigenvalue weighted by Crippen LogP contribution is 2.09. The zero-order valence-electron chi connectivity index (χ0n) is 11.6. The molecule has 4 heteroatoms. The van der Waals surface area contributed by atoms with Crippen molar-refractivity contribution in [3.8, 4) is 5.88 Å². The minimum Gasteiger partial charge on any atom is -0.478 e. The van der Waals surface area contributed by atoms with Crippen LogP contribution in [0.4, 0.5) is 5.95 Å². The molecular weight excluding hydrogens is 226 g/mol. The van der Waals surface area contributed by atoms with Crippen LogP contribution in [0.5, 0.6) is 5.88 Å². The number of hydrogen-bond acceptors (Lipinski definition) is 4. The molecule has 1 aromatic heterocycles. The number of ether oxygens (including phenoxy) is 1. The smallest absolute Gasteiger partial charge is 0.225 e. The zero-order valence-corrected chi connectivity index (χ0v) is 11.6. The second kappa shape index (κ2) is 9.68. The molecule has 1 aromatic rings. The fourth-order valence-corrected chi connectivity index (χ4v) is 1.76. The molecule has 0 fully saturated rings. The largest absolute Gasteiger partial charge is 0.478 e. The maximum absolute atomic E-state index is 5.33. The van der Waals surface area contributed by atoms with Gasteiger partial charge in [0, 0.05) is 18.8 Å². The van der Waals surface area contributed by atoms with Gasteiger partial charge >= 0.3 is 0 Å². The molecule has 0 amide bonds. The zero-order chi connectivity index (χ0) is 13.1. The van der Waals surface area contributed by atoms with Gasteiger partial charge in [-0.25, -0.2) is 4.98 Å². The lowest BCUT2D eigenvalue weighted by atomic mass is 10.1. The average molecular weight is 251 g/mol. The van der Waals surface area contributed by atoms with E-state index in [1.165, 1.54) is 38.5 Å². The number of hydrogen-bond donors (Lipinski definition) is 1. The molecule has 0 atom stereocenters. The quantitative estimate of drug-likeness (QED) is 0.645. The van der Waals surface area contributed by atoms with Crippen LogP contribution in [0.25, 0.3) is 0 Å². The molecule has 102 valence electrons. The molecule has 18 heavy (non-hydrogen) atoms. The van der Waals surface area contributed by atoms with Gasteiger partial charge in [-0.05, 0) is 13.3 Å². The van der Waals surface area contributed by atoms with E-state index >= 15 is 0 Å². The molecule has 0 aliphatic heterocycles. The van der Waals surface area contributed by atoms with Gasteiger partial charge < -0.3 is 10.1 Å². The van der Waals surface area contributed by atoms with Gasteiger partial charge in [0.2, 0.25) is 11.8 Å². The molecular formula is C14H25N3O. The third-order valence-corrected chi connectivity index (χ3v) is 2.74. The van der Waals surface area contributed by atoms with E-state index in [-0.39, 0.29) is 0 Å². The molecule has 0 saturated carbocycles. The summed E-state index contributed by atoms with van der Waals surface area (Å²) in [7, 11) is 0. The molecule has 0 bridgehead atoms. The molecule has 0 radical (unpaired) electrons. The standard InChI is InChI=1S/C14H25N3O/c1-3-5-6-7-8-9-11-15-14-16-12-10-13(17-14)18-4-2/h10,12H,3-9,11H2,1-2H3,(H,15,16,17). The summed E-state index contributed by atoms with van der Waals surface area (Å²) in [5, 5.41) is 3.23. The maximum atomic E-state index is 5.33. The summed E-state index contributed by atoms with van der Waals surface area (Å²) < 4.78 is 5.33. The van der Waals surface area contributed by atoms with E-state index in [1.807, 2.05) is 6.92 Å². The van der Waals surface area contributed by atoms with Crippen LogP contribution in [0.1, 0.15) is 52.4 Å². The third kappa shape index (κ3) is 6.42. The van der Waals surface area contributed by atoms with E-state index in [9.17, 15) is 0 Å². The number of anilines is 1. The topological polar surface area (TPSA) is 47.0 Å². The normalized spacial score (nSPS) is 10.3. The summed E-state index contributed by atoms with van der Waals surface area (Å²) in [6, 6.07) is 1.78. The Balaban J connectivity index is 2.13. The number of rotatable bonds is 10. The Morgan fingerprint density at radius 3 is 2.67 bits per heavy atom. The van der Waals surface area contributed by atoms with Crippen LogP contribution in [0.3, 0.4) is 0 Å². The summed E-state index contributed by atoms with van der Waals surface area (Å²) in [6.45, 7) is 5.76. The lowest BCUT2D eigenvalue weighted by Gasteiger charge is -2.06. The van der Waals surface area contributed by atoms with Gasteiger partial charge in [-0.2, -0.15) is 4.98 Å². The van der Waals surface area contributed by atoms with E-state index in [0.29, 0.717) is 18.4 Å². The lowest BCUT2D eigenvalue weighted by Crippen LogP contribution is -2.06. The first-order valence-electron chi connectivity index (χ1n) is 7.06. The van der Waals surface area contributed by atoms with Crippen molar-refractivity contribution >= 4 is 5.95 Å². The van der Waals surface area contributed by atoms with Crippen molar-refractivity contribution in [3.63, 3.8) is 0 Å². The Kier molecular flexibility index (Phi) is 7.93. The van der Waals surface area contributed by atoms with Crippen LogP contribution in [-0.4, -0.2) is 23.1 Å². The van der Waals surface area contributed by atoms with Gasteiger partial charge in [0.25, 0.3) is 0 Å². The molecule has 0 spiro atoms. The Hall–Kier alpha value is -1.32. The number of unbranched alkanes of at least 4 members (excludes halogenated alkanes) is 5. The van der Waals surface area contributed by atoms with Crippen molar-refractivity contribution in [1.29, 1.82) is 0 Å². The Bertz CT molecular complexity index is 318. The molecule has 1 rings (SSSR count). The molecule has 1 heterocycles. The van der Waals surface area contributed by atoms with Gasteiger partial charge in [-0.1, -0.05) is 39.0 Å². The van der Waals surface area contributed by atoms with Crippen molar-refractivity contribution in [1.82, 2.24) is 9.97 Å². The molecule has 1 N–H and O–H groups in total. The molecule has 0 saturated heterocycles. The summed E-state index contributed by atoms with van der Waals surface area (Å²) in [5.41, 5.74) is 0. The van der Waals surface area contributed by atoms with E-state index < -0.39 is 0 Å². The second-order valence-electron chi connectivity index (χ2n) is 4.35. The van der Waals surface area contributed by atoms with Crippen LogP contribution in [0.15, 0.2) is 12.3 Å². The van der Waals surface area contributed by atoms with E-state index in [2.05, 4.69) is 22.2 Å². The van der Waals surface area contributed by atoms with E-state index in [1.54, 1.807) is 12.3 Å². The van der Waals surface area contributed by atoms with Gasteiger partial charge in [0.05, 0.1) is 6.61 Å². The van der Waals surface area contributed by atoms with E-state index in [4.69, 9.17) is 4.74 Å². The monoisotopic (exact) mass is 251 g/mol. The van der Waals surface area contributed by atoms with Gasteiger partial charge in [-0.3, -0.25) is 0 Å². The van der Waals surface area contributed by atoms with Crippen molar-refractivity contribution in [2.75, 3.05) is 18.5 Å². The third-order valence-electron chi connectivity index (χ3n) is 2.74. The van der Waals surface area contributed by atoms with Gasteiger partial charge in [-0.15, -0.1) is 0 Å². The predicted molar refractivity (Wildman–Crippen MR) is 75.1 cm³/mol. The molecule has 0 aliphatic carbocycles. The Labute approximate surface area is 110 Å². The minimum absolute atomic E-state index is 0.633. The molecule has 4 nitrogen and oxygen atoms in total. The first-order chi connectivity index (χ1) is 8.86. The fraction of sp³-hybridized carbons (Fsp3) is 0.714. The van der Waals surface area contributed by atoms with Crippen molar-refractivity contribution in [2.45, 2.75) is 52.4 Å². The maximum Gasteiger partial charge on any atom is 0.225 e. The predicted octanol–water partition coefficient (Wildman–Crippen LogP) is 3.65. The minimum atomic E-state index is 0.633. The van der Waals surface area contributed by atoms with Crippen LogP contribution in [0, 0.1) is 0 Å².